The Bertz CT molecular complexity index is 459. The Hall–Kier alpha value is -1.59. The number of hydrogen-bond acceptors (Lipinski definition) is 5. The number of rotatable bonds is 7. The van der Waals surface area contributed by atoms with Crippen molar-refractivity contribution >= 4 is 6.09 Å². The highest BCUT2D eigenvalue weighted by molar-refractivity contribution is 5.68. The summed E-state index contributed by atoms with van der Waals surface area (Å²) in [5.41, 5.74) is -0.531. The zero-order chi connectivity index (χ0) is 16.8. The molecule has 0 bridgehead atoms. The van der Waals surface area contributed by atoms with E-state index in [0.717, 1.165) is 25.7 Å². The zero-order valence-corrected chi connectivity index (χ0v) is 14.6. The van der Waals surface area contributed by atoms with Crippen LogP contribution < -0.4 is 5.32 Å². The molecule has 6 nitrogen and oxygen atoms in total. The summed E-state index contributed by atoms with van der Waals surface area (Å²) >= 11 is 0. The van der Waals surface area contributed by atoms with Gasteiger partial charge >= 0.3 is 6.09 Å². The number of carbonyl (C=O) groups is 1. The minimum Gasteiger partial charge on any atom is -0.444 e. The molecule has 0 aliphatic heterocycles. The van der Waals surface area contributed by atoms with Gasteiger partial charge < -0.3 is 14.5 Å². The van der Waals surface area contributed by atoms with Crippen LogP contribution >= 0.6 is 0 Å². The Kier molecular flexibility index (Phi) is 6.84. The van der Waals surface area contributed by atoms with Crippen molar-refractivity contribution in [3.63, 3.8) is 0 Å². The van der Waals surface area contributed by atoms with Crippen molar-refractivity contribution in [2.24, 2.45) is 0 Å². The summed E-state index contributed by atoms with van der Waals surface area (Å²) < 4.78 is 11.0. The number of hydrogen-bond donors (Lipinski definition) is 1. The molecule has 0 unspecified atom stereocenters. The van der Waals surface area contributed by atoms with Crippen molar-refractivity contribution in [2.45, 2.75) is 84.8 Å². The highest BCUT2D eigenvalue weighted by atomic mass is 16.6. The van der Waals surface area contributed by atoms with Crippen molar-refractivity contribution in [1.82, 2.24) is 15.5 Å². The first-order valence-corrected chi connectivity index (χ1v) is 8.09. The van der Waals surface area contributed by atoms with E-state index in [1.807, 2.05) is 20.8 Å². The Balaban J connectivity index is 2.67. The number of alkyl carbamates (subject to hydrolysis) is 1. The lowest BCUT2D eigenvalue weighted by Gasteiger charge is -2.20. The molecule has 0 spiro atoms. The Labute approximate surface area is 133 Å². The van der Waals surface area contributed by atoms with E-state index in [9.17, 15) is 4.79 Å². The molecule has 0 fully saturated rings. The monoisotopic (exact) mass is 311 g/mol. The Morgan fingerprint density at radius 1 is 1.18 bits per heavy atom. The fourth-order valence-corrected chi connectivity index (χ4v) is 2.22. The van der Waals surface area contributed by atoms with Gasteiger partial charge in [0, 0.05) is 5.92 Å². The van der Waals surface area contributed by atoms with E-state index >= 15 is 0 Å². The average molecular weight is 311 g/mol. The molecule has 0 aliphatic carbocycles. The van der Waals surface area contributed by atoms with E-state index in [4.69, 9.17) is 9.15 Å². The van der Waals surface area contributed by atoms with Crippen molar-refractivity contribution in [2.75, 3.05) is 0 Å². The molecule has 1 atom stereocenters. The molecule has 1 heterocycles. The van der Waals surface area contributed by atoms with Crippen molar-refractivity contribution in [3.05, 3.63) is 11.8 Å². The van der Waals surface area contributed by atoms with E-state index in [-0.39, 0.29) is 6.04 Å². The average Bonchev–Trinajstić information content (AvgIpc) is 2.85. The van der Waals surface area contributed by atoms with Crippen LogP contribution in [0.5, 0.6) is 0 Å². The third-order valence-electron chi connectivity index (χ3n) is 3.18. The lowest BCUT2D eigenvalue weighted by atomic mass is 9.98. The van der Waals surface area contributed by atoms with Gasteiger partial charge in [0.15, 0.2) is 0 Å². The summed E-state index contributed by atoms with van der Waals surface area (Å²) in [6.07, 6.45) is 3.73. The minimum absolute atomic E-state index is 0.296. The number of aromatic nitrogens is 2. The number of nitrogens with zero attached hydrogens (tertiary/aromatic N) is 2. The minimum atomic E-state index is -0.531. The lowest BCUT2D eigenvalue weighted by molar-refractivity contribution is 0.0500. The molecule has 0 saturated carbocycles. The largest absolute Gasteiger partial charge is 0.444 e. The van der Waals surface area contributed by atoms with E-state index in [1.54, 1.807) is 6.92 Å². The smallest absolute Gasteiger partial charge is 0.408 e. The van der Waals surface area contributed by atoms with Crippen LogP contribution in [0.4, 0.5) is 4.79 Å². The van der Waals surface area contributed by atoms with Crippen LogP contribution in [0.25, 0.3) is 0 Å². The zero-order valence-electron chi connectivity index (χ0n) is 14.6. The predicted octanol–water partition coefficient (Wildman–Crippen LogP) is 4.34. The van der Waals surface area contributed by atoms with Gasteiger partial charge in [-0.1, -0.05) is 26.7 Å². The van der Waals surface area contributed by atoms with E-state index in [1.165, 1.54) is 0 Å². The second-order valence-corrected chi connectivity index (χ2v) is 6.62. The maximum atomic E-state index is 11.8. The molecule has 0 saturated heterocycles. The van der Waals surface area contributed by atoms with Gasteiger partial charge in [-0.25, -0.2) is 4.79 Å². The Morgan fingerprint density at radius 3 is 2.23 bits per heavy atom. The first kappa shape index (κ1) is 18.5. The van der Waals surface area contributed by atoms with Crippen molar-refractivity contribution in [1.29, 1.82) is 0 Å². The van der Waals surface area contributed by atoms with Gasteiger partial charge in [0.05, 0.1) is 0 Å². The molecule has 1 rings (SSSR count). The molecular formula is C16H29N3O3. The normalized spacial score (nSPS) is 13.2. The van der Waals surface area contributed by atoms with Crippen LogP contribution in [0.3, 0.4) is 0 Å². The summed E-state index contributed by atoms with van der Waals surface area (Å²) in [5, 5.41) is 10.9. The highest BCUT2D eigenvalue weighted by Gasteiger charge is 2.23. The molecule has 0 aromatic carbocycles. The Morgan fingerprint density at radius 2 is 1.73 bits per heavy atom. The van der Waals surface area contributed by atoms with Crippen molar-refractivity contribution < 1.29 is 13.9 Å². The van der Waals surface area contributed by atoms with Crippen LogP contribution in [0.2, 0.25) is 0 Å². The molecule has 0 radical (unpaired) electrons. The van der Waals surface area contributed by atoms with Gasteiger partial charge in [-0.05, 0) is 40.5 Å². The maximum Gasteiger partial charge on any atom is 0.408 e. The molecule has 22 heavy (non-hydrogen) atoms. The molecule has 1 aromatic rings. The van der Waals surface area contributed by atoms with E-state index < -0.39 is 11.7 Å². The number of ether oxygens (including phenoxy) is 1. The number of amides is 1. The van der Waals surface area contributed by atoms with Crippen LogP contribution in [0.1, 0.15) is 91.0 Å². The second kappa shape index (κ2) is 8.15. The first-order valence-electron chi connectivity index (χ1n) is 8.09. The summed E-state index contributed by atoms with van der Waals surface area (Å²) in [5.74, 6) is 1.37. The summed E-state index contributed by atoms with van der Waals surface area (Å²) in [7, 11) is 0. The third-order valence-corrected chi connectivity index (χ3v) is 3.18. The molecule has 1 aromatic heterocycles. The van der Waals surface area contributed by atoms with Crippen LogP contribution in [0.15, 0.2) is 4.42 Å². The molecule has 126 valence electrons. The quantitative estimate of drug-likeness (QED) is 0.810. The number of carbonyl (C=O) groups excluding carboxylic acids is 1. The molecule has 6 heteroatoms. The second-order valence-electron chi connectivity index (χ2n) is 6.62. The summed E-state index contributed by atoms with van der Waals surface area (Å²) in [6, 6.07) is -0.375. The van der Waals surface area contributed by atoms with E-state index in [0.29, 0.717) is 17.7 Å². The van der Waals surface area contributed by atoms with Gasteiger partial charge in [0.1, 0.15) is 11.6 Å². The van der Waals surface area contributed by atoms with Crippen LogP contribution in [-0.4, -0.2) is 21.9 Å². The third kappa shape index (κ3) is 6.03. The van der Waals surface area contributed by atoms with Crippen molar-refractivity contribution in [3.8, 4) is 0 Å². The molecule has 1 N–H and O–H groups in total. The SMILES string of the molecule is CCCC(CCC)c1nnc([C@H](C)NC(=O)OC(C)(C)C)o1. The van der Waals surface area contributed by atoms with Gasteiger partial charge in [0.25, 0.3) is 0 Å². The summed E-state index contributed by atoms with van der Waals surface area (Å²) in [6.45, 7) is 11.6. The van der Waals surface area contributed by atoms with E-state index in [2.05, 4.69) is 29.4 Å². The molecular weight excluding hydrogens is 282 g/mol. The lowest BCUT2D eigenvalue weighted by Crippen LogP contribution is -2.34. The standard InChI is InChI=1S/C16H29N3O3/c1-7-9-12(10-8-2)14-19-18-13(21-14)11(3)17-15(20)22-16(4,5)6/h11-12H,7-10H2,1-6H3,(H,17,20)/t11-/m0/s1. The summed E-state index contributed by atoms with van der Waals surface area (Å²) in [4.78, 5) is 11.8. The topological polar surface area (TPSA) is 77.2 Å². The fraction of sp³-hybridized carbons (Fsp3) is 0.812. The predicted molar refractivity (Wildman–Crippen MR) is 84.6 cm³/mol. The van der Waals surface area contributed by atoms with Gasteiger partial charge in [0.2, 0.25) is 11.8 Å². The maximum absolute atomic E-state index is 11.8. The first-order chi connectivity index (χ1) is 10.3. The number of nitrogens with one attached hydrogen (secondary N) is 1. The van der Waals surface area contributed by atoms with Crippen LogP contribution in [-0.2, 0) is 4.74 Å². The van der Waals surface area contributed by atoms with Gasteiger partial charge in [-0.2, -0.15) is 0 Å². The molecule has 1 amide bonds. The van der Waals surface area contributed by atoms with Gasteiger partial charge in [-0.3, -0.25) is 0 Å². The fourth-order valence-electron chi connectivity index (χ4n) is 2.22. The van der Waals surface area contributed by atoms with Gasteiger partial charge in [-0.15, -0.1) is 10.2 Å². The van der Waals surface area contributed by atoms with Crippen LogP contribution in [0, 0.1) is 0 Å². The highest BCUT2D eigenvalue weighted by Crippen LogP contribution is 2.26. The molecule has 0 aliphatic rings.